The van der Waals surface area contributed by atoms with Crippen molar-refractivity contribution in [2.45, 2.75) is 33.5 Å². The fourth-order valence-corrected chi connectivity index (χ4v) is 2.53. The average molecular weight is 268 g/mol. The van der Waals surface area contributed by atoms with Gasteiger partial charge in [0.05, 0.1) is 0 Å². The minimum Gasteiger partial charge on any atom is -0.326 e. The number of benzene rings is 2. The van der Waals surface area contributed by atoms with Crippen molar-refractivity contribution < 1.29 is 0 Å². The van der Waals surface area contributed by atoms with Gasteiger partial charge < -0.3 is 5.73 Å². The van der Waals surface area contributed by atoms with Crippen LogP contribution in [0.25, 0.3) is 0 Å². The molecular weight excluding hydrogens is 244 g/mol. The Labute approximate surface area is 122 Å². The Morgan fingerprint density at radius 2 is 1.75 bits per heavy atom. The van der Waals surface area contributed by atoms with Crippen LogP contribution in [0.3, 0.4) is 0 Å². The second-order valence-corrected chi connectivity index (χ2v) is 5.63. The Balaban J connectivity index is 2.02. The van der Waals surface area contributed by atoms with Crippen LogP contribution in [0.2, 0.25) is 0 Å². The third-order valence-electron chi connectivity index (χ3n) is 3.62. The first kappa shape index (κ1) is 14.8. The third kappa shape index (κ3) is 3.92. The van der Waals surface area contributed by atoms with E-state index < -0.39 is 0 Å². The minimum atomic E-state index is 0.611. The Morgan fingerprint density at radius 3 is 2.40 bits per heavy atom. The molecule has 106 valence electrons. The van der Waals surface area contributed by atoms with E-state index >= 15 is 0 Å². The van der Waals surface area contributed by atoms with Crippen molar-refractivity contribution in [3.8, 4) is 0 Å². The molecule has 0 aromatic heterocycles. The van der Waals surface area contributed by atoms with Gasteiger partial charge in [-0.2, -0.15) is 0 Å². The maximum absolute atomic E-state index is 5.68. The van der Waals surface area contributed by atoms with Crippen LogP contribution in [0.5, 0.6) is 0 Å². The van der Waals surface area contributed by atoms with E-state index in [0.717, 1.165) is 13.1 Å². The fourth-order valence-electron chi connectivity index (χ4n) is 2.53. The SMILES string of the molecule is Cc1cccc(CN(C)Cc2ccc(CN)cc2C)c1. The summed E-state index contributed by atoms with van der Waals surface area (Å²) in [5.74, 6) is 0. The molecule has 0 aliphatic heterocycles. The second-order valence-electron chi connectivity index (χ2n) is 5.63. The summed E-state index contributed by atoms with van der Waals surface area (Å²) in [5, 5.41) is 0. The Morgan fingerprint density at radius 1 is 0.950 bits per heavy atom. The van der Waals surface area contributed by atoms with Crippen LogP contribution in [0.1, 0.15) is 27.8 Å². The number of nitrogens with zero attached hydrogens (tertiary/aromatic N) is 1. The van der Waals surface area contributed by atoms with Crippen LogP contribution < -0.4 is 5.73 Å². The summed E-state index contributed by atoms with van der Waals surface area (Å²) < 4.78 is 0. The molecule has 2 N–H and O–H groups in total. The largest absolute Gasteiger partial charge is 0.326 e. The molecule has 2 nitrogen and oxygen atoms in total. The Hall–Kier alpha value is -1.64. The van der Waals surface area contributed by atoms with E-state index in [-0.39, 0.29) is 0 Å². The number of hydrogen-bond donors (Lipinski definition) is 1. The molecule has 0 amide bonds. The van der Waals surface area contributed by atoms with Crippen LogP contribution in [-0.2, 0) is 19.6 Å². The van der Waals surface area contributed by atoms with Gasteiger partial charge in [-0.05, 0) is 43.1 Å². The highest BCUT2D eigenvalue weighted by Crippen LogP contribution is 2.14. The van der Waals surface area contributed by atoms with E-state index in [1.54, 1.807) is 0 Å². The summed E-state index contributed by atoms with van der Waals surface area (Å²) in [6, 6.07) is 15.2. The second kappa shape index (κ2) is 6.69. The van der Waals surface area contributed by atoms with Crippen molar-refractivity contribution in [2.24, 2.45) is 5.73 Å². The van der Waals surface area contributed by atoms with Crippen molar-refractivity contribution in [1.29, 1.82) is 0 Å². The average Bonchev–Trinajstić information content (AvgIpc) is 2.41. The molecule has 0 radical (unpaired) electrons. The molecule has 0 heterocycles. The van der Waals surface area contributed by atoms with E-state index in [1.807, 2.05) is 0 Å². The molecule has 0 atom stereocenters. The van der Waals surface area contributed by atoms with Gasteiger partial charge in [0.15, 0.2) is 0 Å². The number of rotatable bonds is 5. The van der Waals surface area contributed by atoms with E-state index in [0.29, 0.717) is 6.54 Å². The summed E-state index contributed by atoms with van der Waals surface area (Å²) >= 11 is 0. The molecule has 0 fully saturated rings. The molecule has 0 aliphatic carbocycles. The summed E-state index contributed by atoms with van der Waals surface area (Å²) in [6.45, 7) is 6.85. The normalized spacial score (nSPS) is 11.1. The topological polar surface area (TPSA) is 29.3 Å². The van der Waals surface area contributed by atoms with Crippen LogP contribution in [-0.4, -0.2) is 11.9 Å². The highest BCUT2D eigenvalue weighted by atomic mass is 15.1. The van der Waals surface area contributed by atoms with Gasteiger partial charge in [0, 0.05) is 19.6 Å². The van der Waals surface area contributed by atoms with Gasteiger partial charge in [0.25, 0.3) is 0 Å². The van der Waals surface area contributed by atoms with Crippen molar-refractivity contribution in [3.63, 3.8) is 0 Å². The minimum absolute atomic E-state index is 0.611. The molecule has 0 aliphatic rings. The van der Waals surface area contributed by atoms with Crippen molar-refractivity contribution in [2.75, 3.05) is 7.05 Å². The number of nitrogens with two attached hydrogens (primary N) is 1. The zero-order valence-electron chi connectivity index (χ0n) is 12.7. The molecule has 2 heteroatoms. The molecule has 2 aromatic carbocycles. The first-order chi connectivity index (χ1) is 9.58. The zero-order chi connectivity index (χ0) is 14.5. The number of hydrogen-bond acceptors (Lipinski definition) is 2. The molecule has 0 spiro atoms. The molecule has 2 aromatic rings. The lowest BCUT2D eigenvalue weighted by Crippen LogP contribution is -2.18. The van der Waals surface area contributed by atoms with Gasteiger partial charge in [0.2, 0.25) is 0 Å². The summed E-state index contributed by atoms with van der Waals surface area (Å²) in [4.78, 5) is 2.35. The smallest absolute Gasteiger partial charge is 0.0236 e. The fraction of sp³-hybridized carbons (Fsp3) is 0.333. The van der Waals surface area contributed by atoms with Crippen molar-refractivity contribution in [1.82, 2.24) is 4.90 Å². The first-order valence-corrected chi connectivity index (χ1v) is 7.11. The van der Waals surface area contributed by atoms with E-state index in [9.17, 15) is 0 Å². The van der Waals surface area contributed by atoms with Gasteiger partial charge in [0.1, 0.15) is 0 Å². The molecule has 0 bridgehead atoms. The van der Waals surface area contributed by atoms with Crippen LogP contribution in [0.4, 0.5) is 0 Å². The molecular formula is C18H24N2. The van der Waals surface area contributed by atoms with E-state index in [1.165, 1.54) is 27.8 Å². The van der Waals surface area contributed by atoms with Gasteiger partial charge >= 0.3 is 0 Å². The maximum Gasteiger partial charge on any atom is 0.0236 e. The van der Waals surface area contributed by atoms with E-state index in [2.05, 4.69) is 68.3 Å². The predicted octanol–water partition coefficient (Wildman–Crippen LogP) is 3.39. The number of aryl methyl sites for hydroxylation is 2. The lowest BCUT2D eigenvalue weighted by Gasteiger charge is -2.19. The monoisotopic (exact) mass is 268 g/mol. The Kier molecular flexibility index (Phi) is 4.94. The predicted molar refractivity (Wildman–Crippen MR) is 85.4 cm³/mol. The molecule has 20 heavy (non-hydrogen) atoms. The lowest BCUT2D eigenvalue weighted by molar-refractivity contribution is 0.318. The standard InChI is InChI=1S/C18H24N2/c1-14-5-4-6-17(9-14)12-20(3)13-18-8-7-16(11-19)10-15(18)2/h4-10H,11-13,19H2,1-3H3. The van der Waals surface area contributed by atoms with Gasteiger partial charge in [-0.25, -0.2) is 0 Å². The molecule has 0 saturated heterocycles. The van der Waals surface area contributed by atoms with Crippen LogP contribution in [0, 0.1) is 13.8 Å². The van der Waals surface area contributed by atoms with Gasteiger partial charge in [-0.1, -0.05) is 48.0 Å². The van der Waals surface area contributed by atoms with Crippen LogP contribution in [0.15, 0.2) is 42.5 Å². The summed E-state index contributed by atoms with van der Waals surface area (Å²) in [5.41, 5.74) is 12.3. The zero-order valence-corrected chi connectivity index (χ0v) is 12.7. The van der Waals surface area contributed by atoms with Crippen LogP contribution >= 0.6 is 0 Å². The highest BCUT2D eigenvalue weighted by molar-refractivity contribution is 5.31. The molecule has 2 rings (SSSR count). The third-order valence-corrected chi connectivity index (χ3v) is 3.62. The molecule has 0 unspecified atom stereocenters. The molecule has 0 saturated carbocycles. The van der Waals surface area contributed by atoms with Crippen molar-refractivity contribution >= 4 is 0 Å². The van der Waals surface area contributed by atoms with E-state index in [4.69, 9.17) is 5.73 Å². The summed E-state index contributed by atoms with van der Waals surface area (Å²) in [6.07, 6.45) is 0. The maximum atomic E-state index is 5.68. The highest BCUT2D eigenvalue weighted by Gasteiger charge is 2.05. The van der Waals surface area contributed by atoms with Gasteiger partial charge in [-0.15, -0.1) is 0 Å². The lowest BCUT2D eigenvalue weighted by atomic mass is 10.0. The first-order valence-electron chi connectivity index (χ1n) is 7.11. The van der Waals surface area contributed by atoms with Gasteiger partial charge in [-0.3, -0.25) is 4.90 Å². The summed E-state index contributed by atoms with van der Waals surface area (Å²) in [7, 11) is 2.17. The van der Waals surface area contributed by atoms with Crippen molar-refractivity contribution in [3.05, 3.63) is 70.3 Å². The quantitative estimate of drug-likeness (QED) is 0.900. The Bertz CT molecular complexity index is 575.